The van der Waals surface area contributed by atoms with Crippen molar-refractivity contribution < 1.29 is 4.39 Å². The molecule has 24 heavy (non-hydrogen) atoms. The maximum absolute atomic E-state index is 15.0. The first-order chi connectivity index (χ1) is 11.7. The van der Waals surface area contributed by atoms with Gasteiger partial charge in [0.1, 0.15) is 6.17 Å². The molecule has 1 heteroatoms. The molecule has 2 fully saturated rings. The summed E-state index contributed by atoms with van der Waals surface area (Å²) in [5.74, 6) is 3.71. The Morgan fingerprint density at radius 1 is 0.750 bits per heavy atom. The molecule has 2 saturated carbocycles. The fourth-order valence-electron chi connectivity index (χ4n) is 5.58. The van der Waals surface area contributed by atoms with Crippen LogP contribution in [-0.4, -0.2) is 6.17 Å². The molecule has 3 atom stereocenters. The van der Waals surface area contributed by atoms with Crippen LogP contribution in [0.2, 0.25) is 0 Å². The van der Waals surface area contributed by atoms with E-state index in [1.807, 2.05) is 0 Å². The van der Waals surface area contributed by atoms with Gasteiger partial charge in [0.2, 0.25) is 0 Å². The van der Waals surface area contributed by atoms with Crippen molar-refractivity contribution in [3.8, 4) is 0 Å². The van der Waals surface area contributed by atoms with E-state index in [1.165, 1.54) is 83.5 Å². The lowest BCUT2D eigenvalue weighted by atomic mass is 9.73. The fraction of sp³-hybridized carbons (Fsp3) is 1.00. The zero-order valence-corrected chi connectivity index (χ0v) is 16.7. The van der Waals surface area contributed by atoms with E-state index in [0.717, 1.165) is 24.2 Å². The second kappa shape index (κ2) is 10.8. The first-order valence-corrected chi connectivity index (χ1v) is 11.3. The minimum atomic E-state index is -0.517. The van der Waals surface area contributed by atoms with Crippen LogP contribution in [0.4, 0.5) is 4.39 Å². The van der Waals surface area contributed by atoms with E-state index in [0.29, 0.717) is 11.8 Å². The molecule has 2 aliphatic rings. The molecule has 2 aliphatic carbocycles. The Morgan fingerprint density at radius 2 is 1.25 bits per heavy atom. The van der Waals surface area contributed by atoms with Crippen LogP contribution in [-0.2, 0) is 0 Å². The Balaban J connectivity index is 1.91. The highest BCUT2D eigenvalue weighted by Gasteiger charge is 2.35. The largest absolute Gasteiger partial charge is 0.247 e. The van der Waals surface area contributed by atoms with Gasteiger partial charge in [-0.3, -0.25) is 0 Å². The normalized spacial score (nSPS) is 35.1. The Morgan fingerprint density at radius 3 is 1.79 bits per heavy atom. The fourth-order valence-corrected chi connectivity index (χ4v) is 5.58. The molecule has 0 aliphatic heterocycles. The van der Waals surface area contributed by atoms with E-state index in [1.54, 1.807) is 0 Å². The van der Waals surface area contributed by atoms with E-state index in [-0.39, 0.29) is 0 Å². The van der Waals surface area contributed by atoms with Crippen LogP contribution in [0.5, 0.6) is 0 Å². The van der Waals surface area contributed by atoms with E-state index in [4.69, 9.17) is 0 Å². The van der Waals surface area contributed by atoms with Crippen LogP contribution < -0.4 is 0 Å². The Hall–Kier alpha value is -0.0700. The van der Waals surface area contributed by atoms with Gasteiger partial charge in [-0.1, -0.05) is 72.1 Å². The average molecular weight is 339 g/mol. The Bertz CT molecular complexity index is 310. The second-order valence-electron chi connectivity index (χ2n) is 9.16. The van der Waals surface area contributed by atoms with E-state index < -0.39 is 6.17 Å². The van der Waals surface area contributed by atoms with Crippen molar-refractivity contribution in [3.05, 3.63) is 0 Å². The minimum Gasteiger partial charge on any atom is -0.247 e. The van der Waals surface area contributed by atoms with E-state index >= 15 is 4.39 Å². The lowest BCUT2D eigenvalue weighted by Crippen LogP contribution is -2.24. The molecule has 0 aromatic heterocycles. The summed E-state index contributed by atoms with van der Waals surface area (Å²) in [4.78, 5) is 0. The predicted octanol–water partition coefficient (Wildman–Crippen LogP) is 7.95. The first-order valence-electron chi connectivity index (χ1n) is 11.3. The highest BCUT2D eigenvalue weighted by Crippen LogP contribution is 2.43. The van der Waals surface area contributed by atoms with Crippen molar-refractivity contribution in [1.82, 2.24) is 0 Å². The molecular weight excluding hydrogens is 295 g/mol. The summed E-state index contributed by atoms with van der Waals surface area (Å²) in [6.45, 7) is 6.96. The molecule has 0 saturated heterocycles. The number of halogens is 1. The van der Waals surface area contributed by atoms with Crippen molar-refractivity contribution in [2.45, 2.75) is 117 Å². The lowest BCUT2D eigenvalue weighted by molar-refractivity contribution is 0.137. The quantitative estimate of drug-likeness (QED) is 0.394. The summed E-state index contributed by atoms with van der Waals surface area (Å²) >= 11 is 0. The van der Waals surface area contributed by atoms with Gasteiger partial charge in [-0.2, -0.15) is 0 Å². The van der Waals surface area contributed by atoms with Crippen LogP contribution >= 0.6 is 0 Å². The van der Waals surface area contributed by atoms with Crippen molar-refractivity contribution in [3.63, 3.8) is 0 Å². The maximum Gasteiger partial charge on any atom is 0.103 e. The summed E-state index contributed by atoms with van der Waals surface area (Å²) in [5.41, 5.74) is 0. The predicted molar refractivity (Wildman–Crippen MR) is 104 cm³/mol. The van der Waals surface area contributed by atoms with E-state index in [9.17, 15) is 0 Å². The number of alkyl halides is 1. The van der Waals surface area contributed by atoms with E-state index in [2.05, 4.69) is 20.8 Å². The summed E-state index contributed by atoms with van der Waals surface area (Å²) in [5, 5.41) is 0. The van der Waals surface area contributed by atoms with Gasteiger partial charge in [0.25, 0.3) is 0 Å². The third-order valence-corrected chi connectivity index (χ3v) is 7.34. The number of hydrogen-bond acceptors (Lipinski definition) is 0. The van der Waals surface area contributed by atoms with Gasteiger partial charge < -0.3 is 0 Å². The molecule has 3 unspecified atom stereocenters. The molecule has 0 nitrogen and oxygen atoms in total. The maximum atomic E-state index is 15.0. The summed E-state index contributed by atoms with van der Waals surface area (Å²) < 4.78 is 15.0. The molecular formula is C23H43F. The summed E-state index contributed by atoms with van der Waals surface area (Å²) in [7, 11) is 0. The monoisotopic (exact) mass is 338 g/mol. The molecule has 0 spiro atoms. The molecule has 0 heterocycles. The van der Waals surface area contributed by atoms with Gasteiger partial charge in [0.15, 0.2) is 0 Å². The van der Waals surface area contributed by atoms with Crippen LogP contribution in [0.25, 0.3) is 0 Å². The zero-order valence-electron chi connectivity index (χ0n) is 16.7. The molecule has 0 aromatic carbocycles. The molecule has 0 aromatic rings. The molecule has 142 valence electrons. The minimum absolute atomic E-state index is 0.371. The van der Waals surface area contributed by atoms with Gasteiger partial charge in [0, 0.05) is 0 Å². The van der Waals surface area contributed by atoms with Gasteiger partial charge in [-0.15, -0.1) is 0 Å². The van der Waals surface area contributed by atoms with Crippen LogP contribution in [0.1, 0.15) is 111 Å². The van der Waals surface area contributed by atoms with Crippen molar-refractivity contribution in [2.75, 3.05) is 0 Å². The van der Waals surface area contributed by atoms with Crippen LogP contribution in [0.15, 0.2) is 0 Å². The number of rotatable bonds is 8. The SMILES string of the molecule is CCCCC(CCCC)C1CCC(C2CCC(C)CC2)CCC1F. The van der Waals surface area contributed by atoms with Crippen LogP contribution in [0, 0.1) is 29.6 Å². The summed E-state index contributed by atoms with van der Waals surface area (Å²) in [6, 6.07) is 0. The third-order valence-electron chi connectivity index (χ3n) is 7.34. The highest BCUT2D eigenvalue weighted by molar-refractivity contribution is 4.85. The first kappa shape index (κ1) is 20.2. The lowest BCUT2D eigenvalue weighted by Gasteiger charge is -2.32. The Kier molecular flexibility index (Phi) is 9.12. The van der Waals surface area contributed by atoms with Crippen molar-refractivity contribution >= 4 is 0 Å². The number of unbranched alkanes of at least 4 members (excludes halogenated alkanes) is 2. The van der Waals surface area contributed by atoms with Gasteiger partial charge in [-0.05, 0) is 68.1 Å². The smallest absolute Gasteiger partial charge is 0.103 e. The molecule has 2 rings (SSSR count). The van der Waals surface area contributed by atoms with Crippen LogP contribution in [0.3, 0.4) is 0 Å². The van der Waals surface area contributed by atoms with Gasteiger partial charge in [0.05, 0.1) is 0 Å². The number of hydrogen-bond donors (Lipinski definition) is 0. The molecule has 0 amide bonds. The van der Waals surface area contributed by atoms with Gasteiger partial charge >= 0.3 is 0 Å². The average Bonchev–Trinajstić information content (AvgIpc) is 2.78. The topological polar surface area (TPSA) is 0 Å². The zero-order chi connectivity index (χ0) is 17.4. The van der Waals surface area contributed by atoms with Gasteiger partial charge in [-0.25, -0.2) is 4.39 Å². The van der Waals surface area contributed by atoms with Crippen molar-refractivity contribution in [1.29, 1.82) is 0 Å². The highest BCUT2D eigenvalue weighted by atomic mass is 19.1. The second-order valence-corrected chi connectivity index (χ2v) is 9.16. The molecule has 0 radical (unpaired) electrons. The summed E-state index contributed by atoms with van der Waals surface area (Å²) in [6.07, 6.45) is 17.3. The molecule has 0 N–H and O–H groups in total. The molecule has 0 bridgehead atoms. The Labute approximate surface area is 151 Å². The standard InChI is InChI=1S/C23H43F/c1-4-6-8-21(9-7-5-2)22-16-14-20(15-17-23(22)24)19-12-10-18(3)11-13-19/h18-23H,4-17H2,1-3H3. The third kappa shape index (κ3) is 6.03. The van der Waals surface area contributed by atoms with Crippen molar-refractivity contribution in [2.24, 2.45) is 29.6 Å².